The summed E-state index contributed by atoms with van der Waals surface area (Å²) in [7, 11) is -3.60. The molecule has 2 amide bonds. The Kier molecular flexibility index (Phi) is 24.8. The molecule has 1 aliphatic carbocycles. The molecule has 66 heavy (non-hydrogen) atoms. The predicted molar refractivity (Wildman–Crippen MR) is 249 cm³/mol. The summed E-state index contributed by atoms with van der Waals surface area (Å²) in [5, 5.41) is 31.4. The van der Waals surface area contributed by atoms with Crippen LogP contribution in [0.3, 0.4) is 0 Å². The molecule has 2 heterocycles. The number of likely N-dealkylation sites (tertiary alicyclic amines) is 2. The third-order valence-electron chi connectivity index (χ3n) is 12.6. The van der Waals surface area contributed by atoms with E-state index in [-0.39, 0.29) is 47.4 Å². The highest BCUT2D eigenvalue weighted by atomic mass is 31.2. The fourth-order valence-electron chi connectivity index (χ4n) is 8.94. The first kappa shape index (κ1) is 57.5. The van der Waals surface area contributed by atoms with Gasteiger partial charge in [-0.3, -0.25) is 33.6 Å². The summed E-state index contributed by atoms with van der Waals surface area (Å²) in [4.78, 5) is 75.7. The molecule has 0 spiro atoms. The third-order valence-corrected chi connectivity index (χ3v) is 14.9. The summed E-state index contributed by atoms with van der Waals surface area (Å²) in [5.74, 6) is -4.01. The molecule has 0 radical (unpaired) electrons. The van der Waals surface area contributed by atoms with E-state index in [9.17, 15) is 48.7 Å². The second-order valence-corrected chi connectivity index (χ2v) is 20.4. The number of carboxylic acid groups (broad SMARTS) is 3. The minimum absolute atomic E-state index is 0. The molecule has 5 rings (SSSR count). The van der Waals surface area contributed by atoms with Crippen molar-refractivity contribution < 1.29 is 68.9 Å². The summed E-state index contributed by atoms with van der Waals surface area (Å²) in [6, 6.07) is 16.2. The van der Waals surface area contributed by atoms with Crippen molar-refractivity contribution in [3.8, 4) is 0 Å². The minimum Gasteiger partial charge on any atom is -0.480 e. The van der Waals surface area contributed by atoms with Crippen LogP contribution in [-0.2, 0) is 55.4 Å². The maximum absolute atomic E-state index is 14.2. The quantitative estimate of drug-likeness (QED) is 0.0485. The summed E-state index contributed by atoms with van der Waals surface area (Å²) in [5.41, 5.74) is 2.20. The molecule has 3 fully saturated rings. The lowest BCUT2D eigenvalue weighted by Crippen LogP contribution is -2.53. The van der Waals surface area contributed by atoms with Crippen molar-refractivity contribution in [1.82, 2.24) is 15.1 Å². The number of hydrogen-bond donors (Lipinski definition) is 4. The Balaban J connectivity index is 0.000000481. The topological polar surface area (TPSA) is 280 Å². The molecule has 2 aromatic carbocycles. The fraction of sp³-hybridized carbons (Fsp3) is 0.625. The van der Waals surface area contributed by atoms with Crippen molar-refractivity contribution in [1.29, 1.82) is 0 Å². The summed E-state index contributed by atoms with van der Waals surface area (Å²) >= 11 is 0. The Morgan fingerprint density at radius 3 is 1.89 bits per heavy atom. The largest absolute Gasteiger partial charge is 0.480 e. The van der Waals surface area contributed by atoms with E-state index in [0.717, 1.165) is 44.1 Å². The number of rotatable bonds is 22. The third kappa shape index (κ3) is 17.9. The zero-order valence-electron chi connectivity index (χ0n) is 39.0. The van der Waals surface area contributed by atoms with Gasteiger partial charge in [0.15, 0.2) is 0 Å². The molecular weight excluding hydrogens is 874 g/mol. The van der Waals surface area contributed by atoms with Crippen LogP contribution in [0.1, 0.15) is 116 Å². The molecule has 2 aromatic rings. The number of esters is 1. The first-order valence-corrected chi connectivity index (χ1v) is 25.1. The maximum Gasteiger partial charge on any atom is 0.326 e. The molecule has 0 bridgehead atoms. The van der Waals surface area contributed by atoms with Gasteiger partial charge in [-0.25, -0.2) is 9.59 Å². The Morgan fingerprint density at radius 2 is 1.35 bits per heavy atom. The molecule has 2 saturated heterocycles. The molecule has 0 aromatic heterocycles. The van der Waals surface area contributed by atoms with Crippen molar-refractivity contribution in [2.24, 2.45) is 17.8 Å². The van der Waals surface area contributed by atoms with Crippen LogP contribution < -0.4 is 5.32 Å². The van der Waals surface area contributed by atoms with Crippen molar-refractivity contribution in [2.45, 2.75) is 148 Å². The van der Waals surface area contributed by atoms with E-state index in [0.29, 0.717) is 57.5 Å². The summed E-state index contributed by atoms with van der Waals surface area (Å²) in [6.45, 7) is 7.65. The van der Waals surface area contributed by atoms with E-state index in [4.69, 9.17) is 9.26 Å². The predicted octanol–water partition coefficient (Wildman–Crippen LogP) is 5.60. The average Bonchev–Trinajstić information content (AvgIpc) is 3.97. The highest BCUT2D eigenvalue weighted by Gasteiger charge is 2.45. The number of hydrogen-bond acceptors (Lipinski definition) is 10. The molecule has 7 atom stereocenters. The number of aryl methyl sites for hydroxylation is 2. The van der Waals surface area contributed by atoms with Crippen molar-refractivity contribution in [3.63, 3.8) is 0 Å². The number of ether oxygens (including phenoxy) is 1. The molecule has 1 saturated carbocycles. The van der Waals surface area contributed by atoms with Crippen LogP contribution >= 0.6 is 7.37 Å². The molecule has 2 aliphatic heterocycles. The van der Waals surface area contributed by atoms with E-state index >= 15 is 0 Å². The highest BCUT2D eigenvalue weighted by molar-refractivity contribution is 7.59. The van der Waals surface area contributed by atoms with Gasteiger partial charge in [-0.2, -0.15) is 0 Å². The van der Waals surface area contributed by atoms with Crippen LogP contribution in [0.5, 0.6) is 0 Å². The van der Waals surface area contributed by atoms with Gasteiger partial charge in [0.1, 0.15) is 24.3 Å². The Labute approximate surface area is 389 Å². The van der Waals surface area contributed by atoms with Gasteiger partial charge < -0.3 is 40.8 Å². The Morgan fingerprint density at radius 1 is 0.758 bits per heavy atom. The molecule has 18 heteroatoms. The zero-order valence-corrected chi connectivity index (χ0v) is 39.9. The Bertz CT molecular complexity index is 1880. The van der Waals surface area contributed by atoms with Crippen molar-refractivity contribution in [3.05, 3.63) is 71.8 Å². The minimum atomic E-state index is -3.60. The number of nitrogens with one attached hydrogen (secondary N) is 1. The van der Waals surface area contributed by atoms with Gasteiger partial charge in [0.05, 0.1) is 6.04 Å². The first-order chi connectivity index (χ1) is 30.5. The second kappa shape index (κ2) is 28.5. The number of carboxylic acids is 3. The Hall–Kier alpha value is -4.67. The first-order valence-electron chi connectivity index (χ1n) is 23.1. The van der Waals surface area contributed by atoms with Gasteiger partial charge in [0, 0.05) is 31.6 Å². The van der Waals surface area contributed by atoms with Gasteiger partial charge in [-0.15, -0.1) is 0 Å². The van der Waals surface area contributed by atoms with E-state index < -0.39 is 67.6 Å². The monoisotopic (exact) mass is 947 g/mol. The fourth-order valence-corrected chi connectivity index (χ4v) is 11.2. The lowest BCUT2D eigenvalue weighted by atomic mass is 9.79. The molecule has 3 aliphatic rings. The SMILES string of the molecule is CCC(=O)OC(O[P@](=O)(CCCCc1ccccc1)CC(=O)N1C[C@H](C2CCCCC2)C[C@H]1C(=O)O)C(C)C.C[C@H](N[C@@H](CCc1ccccc1)C(=O)O)C(=O)N1CCC[C@H]1C(=O)O.O.O. The maximum atomic E-state index is 14.2. The van der Waals surface area contributed by atoms with E-state index in [1.54, 1.807) is 13.8 Å². The molecule has 8 N–H and O–H groups in total. The lowest BCUT2D eigenvalue weighted by molar-refractivity contribution is -0.169. The normalized spacial score (nSPS) is 20.6. The van der Waals surface area contributed by atoms with Crippen LogP contribution in [0, 0.1) is 17.8 Å². The number of carbonyl (C=O) groups is 6. The molecular formula is C48H74N3O14P. The van der Waals surface area contributed by atoms with Gasteiger partial charge in [-0.05, 0) is 81.3 Å². The zero-order chi connectivity index (χ0) is 46.8. The molecule has 370 valence electrons. The number of nitrogens with zero attached hydrogens (tertiary/aromatic N) is 2. The highest BCUT2D eigenvalue weighted by Crippen LogP contribution is 2.51. The number of carbonyl (C=O) groups excluding carboxylic acids is 3. The van der Waals surface area contributed by atoms with Crippen LogP contribution in [0.25, 0.3) is 0 Å². The smallest absolute Gasteiger partial charge is 0.326 e. The van der Waals surface area contributed by atoms with E-state index in [2.05, 4.69) is 5.32 Å². The standard InChI is InChI=1S/C30H46NO7P.C18H24N2O5.2H2O/c1-4-28(33)37-30(22(2)3)38-39(36,18-12-11-15-23-13-7-5-8-14-23)21-27(32)31-20-25(19-26(31)29(34)35)24-16-9-6-10-17-24;1-12(16(21)20-11-5-8-15(20)18(24)25)19-14(17(22)23)10-9-13-6-3-2-4-7-13;;/h5,7-8,13-14,22,24-26,30H,4,6,9-12,15-21H2,1-3H3,(H,34,35);2-4,6-7,12,14-15,19H,5,8-11H2,1H3,(H,22,23)(H,24,25);2*1H2/t25-,26+,30?,39-;12-,14-,15-;;/m10../s1. The van der Waals surface area contributed by atoms with Crippen LogP contribution in [0.2, 0.25) is 0 Å². The van der Waals surface area contributed by atoms with E-state index in [1.165, 1.54) is 21.8 Å². The van der Waals surface area contributed by atoms with Crippen molar-refractivity contribution >= 4 is 43.1 Å². The number of aliphatic carboxylic acids is 3. The van der Waals surface area contributed by atoms with Gasteiger partial charge >= 0.3 is 23.9 Å². The van der Waals surface area contributed by atoms with E-state index in [1.807, 2.05) is 74.5 Å². The number of amides is 2. The summed E-state index contributed by atoms with van der Waals surface area (Å²) in [6.07, 6.45) is 9.12. The summed E-state index contributed by atoms with van der Waals surface area (Å²) < 4.78 is 25.7. The number of unbranched alkanes of at least 4 members (excludes halogenated alkanes) is 1. The van der Waals surface area contributed by atoms with Gasteiger partial charge in [0.2, 0.25) is 25.5 Å². The van der Waals surface area contributed by atoms with Crippen molar-refractivity contribution in [2.75, 3.05) is 25.4 Å². The van der Waals surface area contributed by atoms with Crippen LogP contribution in [0.4, 0.5) is 0 Å². The number of benzene rings is 2. The van der Waals surface area contributed by atoms with Crippen LogP contribution in [0.15, 0.2) is 60.7 Å². The molecule has 17 nitrogen and oxygen atoms in total. The second-order valence-electron chi connectivity index (χ2n) is 17.8. The molecule has 1 unspecified atom stereocenters. The average molecular weight is 948 g/mol. The van der Waals surface area contributed by atoms with Crippen LogP contribution in [-0.4, -0.2) is 128 Å². The lowest BCUT2D eigenvalue weighted by Gasteiger charge is -2.30. The van der Waals surface area contributed by atoms with Gasteiger partial charge in [0.25, 0.3) is 0 Å². The van der Waals surface area contributed by atoms with Gasteiger partial charge in [-0.1, -0.05) is 114 Å².